The molecule has 3 aromatic carbocycles. The molecule has 3 aromatic rings. The van der Waals surface area contributed by atoms with Crippen molar-refractivity contribution in [2.45, 2.75) is 18.2 Å². The van der Waals surface area contributed by atoms with E-state index in [0.29, 0.717) is 6.07 Å². The van der Waals surface area contributed by atoms with Crippen LogP contribution in [0.2, 0.25) is 10.0 Å². The number of hydrogen-bond donors (Lipinski definition) is 2. The Kier molecular flexibility index (Phi) is 6.80. The minimum absolute atomic E-state index is 0.0616. The first-order valence-electron chi connectivity index (χ1n) is 10.00. The second-order valence-electron chi connectivity index (χ2n) is 7.66. The van der Waals surface area contributed by atoms with E-state index in [2.05, 4.69) is 15.8 Å². The number of amides is 1. The molecule has 0 saturated carbocycles. The Balaban J connectivity index is 1.58. The van der Waals surface area contributed by atoms with E-state index in [4.69, 9.17) is 28.0 Å². The van der Waals surface area contributed by atoms with Gasteiger partial charge in [0.25, 0.3) is 11.5 Å². The van der Waals surface area contributed by atoms with E-state index < -0.39 is 69.9 Å². The van der Waals surface area contributed by atoms with Crippen LogP contribution in [0.5, 0.6) is 0 Å². The van der Waals surface area contributed by atoms with Crippen LogP contribution in [0.3, 0.4) is 0 Å². The fourth-order valence-electron chi connectivity index (χ4n) is 3.50. The molecule has 0 aromatic heterocycles. The van der Waals surface area contributed by atoms with Crippen LogP contribution in [0, 0.1) is 17.5 Å². The number of rotatable bonds is 4. The van der Waals surface area contributed by atoms with Crippen molar-refractivity contribution in [3.63, 3.8) is 0 Å². The molecule has 1 heterocycles. The summed E-state index contributed by atoms with van der Waals surface area (Å²) >= 11 is 11.7. The van der Waals surface area contributed by atoms with Crippen LogP contribution in [0.4, 0.5) is 37.7 Å². The minimum Gasteiger partial charge on any atom is -0.372 e. The van der Waals surface area contributed by atoms with Crippen molar-refractivity contribution in [2.75, 3.05) is 10.6 Å². The predicted octanol–water partition coefficient (Wildman–Crippen LogP) is 7.27. The van der Waals surface area contributed by atoms with Gasteiger partial charge < -0.3 is 15.5 Å². The third-order valence-corrected chi connectivity index (χ3v) is 5.65. The van der Waals surface area contributed by atoms with Gasteiger partial charge >= 0.3 is 6.18 Å². The summed E-state index contributed by atoms with van der Waals surface area (Å²) in [7, 11) is 0. The number of halogens is 8. The van der Waals surface area contributed by atoms with Crippen molar-refractivity contribution in [2.24, 2.45) is 5.16 Å². The molecule has 0 aliphatic carbocycles. The van der Waals surface area contributed by atoms with Gasteiger partial charge in [-0.05, 0) is 42.5 Å². The Hall–Kier alpha value is -3.44. The van der Waals surface area contributed by atoms with E-state index in [1.165, 1.54) is 12.1 Å². The molecule has 1 unspecified atom stereocenters. The van der Waals surface area contributed by atoms with Crippen LogP contribution in [-0.4, -0.2) is 17.9 Å². The molecule has 0 bridgehead atoms. The standard InChI is InChI=1S/C23H13Cl2F6N3O2/c24-12-6-11(7-13(25)8-12)22(23(29,30)31)10-19(34-36-22)32-18-3-1-2-15(20(18)28)21(35)33-17-5-4-14(26)9-16(17)27/h1-9H,10H2,(H,32,34)(H,33,35). The number of nitrogens with zero attached hydrogens (tertiary/aromatic N) is 1. The maximum atomic E-state index is 15.1. The van der Waals surface area contributed by atoms with E-state index in [0.717, 1.165) is 36.4 Å². The zero-order valence-electron chi connectivity index (χ0n) is 17.7. The first kappa shape index (κ1) is 25.6. The van der Waals surface area contributed by atoms with Gasteiger partial charge in [0, 0.05) is 21.7 Å². The molecular formula is C23H13Cl2F6N3O2. The van der Waals surface area contributed by atoms with Crippen LogP contribution in [0.1, 0.15) is 22.3 Å². The Bertz CT molecular complexity index is 1360. The van der Waals surface area contributed by atoms with E-state index >= 15 is 4.39 Å². The van der Waals surface area contributed by atoms with Crippen molar-refractivity contribution < 1.29 is 36.0 Å². The SMILES string of the molecule is O=C(Nc1ccc(F)cc1F)c1cccc(NC2=NOC(c3cc(Cl)cc(Cl)c3)(C(F)(F)F)C2)c1F. The molecule has 0 saturated heterocycles. The van der Waals surface area contributed by atoms with E-state index in [-0.39, 0.29) is 10.0 Å². The lowest BCUT2D eigenvalue weighted by Crippen LogP contribution is -2.43. The lowest BCUT2D eigenvalue weighted by molar-refractivity contribution is -0.275. The summed E-state index contributed by atoms with van der Waals surface area (Å²) < 4.78 is 84.3. The van der Waals surface area contributed by atoms with Crippen LogP contribution in [0.25, 0.3) is 0 Å². The first-order chi connectivity index (χ1) is 16.9. The van der Waals surface area contributed by atoms with E-state index in [9.17, 15) is 26.7 Å². The highest BCUT2D eigenvalue weighted by atomic mass is 35.5. The second kappa shape index (κ2) is 9.55. The highest BCUT2D eigenvalue weighted by molar-refractivity contribution is 6.34. The number of oxime groups is 1. The van der Waals surface area contributed by atoms with Crippen molar-refractivity contribution in [1.29, 1.82) is 0 Å². The molecule has 36 heavy (non-hydrogen) atoms. The maximum Gasteiger partial charge on any atom is 0.435 e. The summed E-state index contributed by atoms with van der Waals surface area (Å²) in [4.78, 5) is 17.3. The van der Waals surface area contributed by atoms with Crippen LogP contribution in [-0.2, 0) is 10.4 Å². The summed E-state index contributed by atoms with van der Waals surface area (Å²) in [5, 5.41) is 7.81. The molecule has 1 atom stereocenters. The highest BCUT2D eigenvalue weighted by Crippen LogP contribution is 2.49. The Morgan fingerprint density at radius 3 is 2.31 bits per heavy atom. The van der Waals surface area contributed by atoms with E-state index in [1.807, 2.05) is 0 Å². The van der Waals surface area contributed by atoms with Crippen LogP contribution < -0.4 is 10.6 Å². The summed E-state index contributed by atoms with van der Waals surface area (Å²) in [6.07, 6.45) is -5.85. The van der Waals surface area contributed by atoms with Crippen molar-refractivity contribution in [1.82, 2.24) is 0 Å². The number of amidine groups is 1. The number of hydrogen-bond acceptors (Lipinski definition) is 4. The molecule has 1 aliphatic heterocycles. The summed E-state index contributed by atoms with van der Waals surface area (Å²) in [6, 6.07) is 9.13. The smallest absolute Gasteiger partial charge is 0.372 e. The second-order valence-corrected chi connectivity index (χ2v) is 8.53. The lowest BCUT2D eigenvalue weighted by Gasteiger charge is -2.29. The molecule has 0 radical (unpaired) electrons. The number of benzene rings is 3. The minimum atomic E-state index is -4.96. The van der Waals surface area contributed by atoms with Gasteiger partial charge in [0.1, 0.15) is 11.6 Å². The zero-order valence-corrected chi connectivity index (χ0v) is 19.2. The largest absolute Gasteiger partial charge is 0.435 e. The quantitative estimate of drug-likeness (QED) is 0.338. The Morgan fingerprint density at radius 1 is 0.972 bits per heavy atom. The molecule has 0 fully saturated rings. The molecule has 2 N–H and O–H groups in total. The van der Waals surface area contributed by atoms with Crippen molar-refractivity contribution in [3.8, 4) is 0 Å². The molecule has 13 heteroatoms. The Labute approximate surface area is 209 Å². The van der Waals surface area contributed by atoms with Gasteiger partial charge in [0.05, 0.1) is 23.4 Å². The molecule has 4 rings (SSSR count). The Morgan fingerprint density at radius 2 is 1.67 bits per heavy atom. The van der Waals surface area contributed by atoms with Gasteiger partial charge in [-0.2, -0.15) is 13.2 Å². The average Bonchev–Trinajstić information content (AvgIpc) is 3.22. The van der Waals surface area contributed by atoms with Gasteiger partial charge in [-0.15, -0.1) is 0 Å². The molecule has 5 nitrogen and oxygen atoms in total. The van der Waals surface area contributed by atoms with Gasteiger partial charge in [-0.3, -0.25) is 4.79 Å². The summed E-state index contributed by atoms with van der Waals surface area (Å²) in [5.41, 5.74) is -4.72. The number of alkyl halides is 3. The predicted molar refractivity (Wildman–Crippen MR) is 122 cm³/mol. The number of anilines is 2. The number of carbonyl (C=O) groups excluding carboxylic acids is 1. The molecule has 188 valence electrons. The fourth-order valence-corrected chi connectivity index (χ4v) is 4.02. The normalized spacial score (nSPS) is 17.4. The third-order valence-electron chi connectivity index (χ3n) is 5.22. The first-order valence-corrected chi connectivity index (χ1v) is 10.8. The van der Waals surface area contributed by atoms with E-state index in [1.54, 1.807) is 0 Å². The van der Waals surface area contributed by atoms with Crippen LogP contribution >= 0.6 is 23.2 Å². The molecule has 1 aliphatic rings. The third kappa shape index (κ3) is 4.93. The fraction of sp³-hybridized carbons (Fsp3) is 0.130. The molecule has 0 spiro atoms. The van der Waals surface area contributed by atoms with Crippen LogP contribution in [0.15, 0.2) is 59.8 Å². The number of nitrogens with one attached hydrogen (secondary N) is 2. The average molecular weight is 548 g/mol. The van der Waals surface area contributed by atoms with Gasteiger partial charge in [-0.25, -0.2) is 13.2 Å². The summed E-state index contributed by atoms with van der Waals surface area (Å²) in [6.45, 7) is 0. The van der Waals surface area contributed by atoms with Gasteiger partial charge in [0.2, 0.25) is 0 Å². The maximum absolute atomic E-state index is 15.1. The van der Waals surface area contributed by atoms with Crippen molar-refractivity contribution >= 4 is 46.3 Å². The van der Waals surface area contributed by atoms with Gasteiger partial charge in [0.15, 0.2) is 11.7 Å². The lowest BCUT2D eigenvalue weighted by atomic mass is 9.89. The molecular weight excluding hydrogens is 535 g/mol. The monoisotopic (exact) mass is 547 g/mol. The van der Waals surface area contributed by atoms with Gasteiger partial charge in [-0.1, -0.05) is 34.4 Å². The number of carbonyl (C=O) groups is 1. The molecule has 1 amide bonds. The zero-order chi connectivity index (χ0) is 26.3. The topological polar surface area (TPSA) is 62.7 Å². The summed E-state index contributed by atoms with van der Waals surface area (Å²) in [5.74, 6) is -4.60. The van der Waals surface area contributed by atoms with Crippen molar-refractivity contribution in [3.05, 3.63) is 93.2 Å². The highest BCUT2D eigenvalue weighted by Gasteiger charge is 2.62.